The first-order valence-electron chi connectivity index (χ1n) is 8.39. The second-order valence-electron chi connectivity index (χ2n) is 5.96. The first-order valence-corrected chi connectivity index (χ1v) is 9.99. The Balaban J connectivity index is 2.23. The van der Waals surface area contributed by atoms with Gasteiger partial charge in [0.05, 0.1) is 23.6 Å². The van der Waals surface area contributed by atoms with Crippen molar-refractivity contribution in [3.63, 3.8) is 0 Å². The summed E-state index contributed by atoms with van der Waals surface area (Å²) < 4.78 is 45.5. The van der Waals surface area contributed by atoms with Crippen LogP contribution in [0.5, 0.6) is 0 Å². The molecule has 0 aromatic heterocycles. The van der Waals surface area contributed by atoms with Crippen molar-refractivity contribution >= 4 is 15.7 Å². The molecular formula is C17H26FNO3S. The minimum atomic E-state index is -3.43. The molecule has 2 unspecified atom stereocenters. The lowest BCUT2D eigenvalue weighted by molar-refractivity contribution is 0.0648. The van der Waals surface area contributed by atoms with Gasteiger partial charge >= 0.3 is 0 Å². The molecule has 0 spiro atoms. The minimum Gasteiger partial charge on any atom is -0.375 e. The molecule has 1 aliphatic rings. The van der Waals surface area contributed by atoms with E-state index in [0.717, 1.165) is 32.1 Å². The van der Waals surface area contributed by atoms with Crippen molar-refractivity contribution in [3.8, 4) is 0 Å². The molecule has 1 fully saturated rings. The molecule has 0 bridgehead atoms. The zero-order valence-corrected chi connectivity index (χ0v) is 14.7. The number of unbranched alkanes of at least 4 members (excludes halogenated alkanes) is 3. The van der Waals surface area contributed by atoms with E-state index in [-0.39, 0.29) is 23.7 Å². The standard InChI is InChI=1S/C17H26FNO3S/c1-3-5-6-7-8-16-17(22-4-2)13-23(20,21)19(16)15-11-9-14(18)10-12-15/h9-12,16-17H,3-8,13H2,1-2H3. The van der Waals surface area contributed by atoms with Crippen molar-refractivity contribution in [1.82, 2.24) is 0 Å². The van der Waals surface area contributed by atoms with Crippen LogP contribution < -0.4 is 4.31 Å². The predicted octanol–water partition coefficient (Wildman–Crippen LogP) is 3.72. The number of hydrogen-bond donors (Lipinski definition) is 0. The quantitative estimate of drug-likeness (QED) is 0.676. The summed E-state index contributed by atoms with van der Waals surface area (Å²) in [4.78, 5) is 0. The first kappa shape index (κ1) is 18.2. The van der Waals surface area contributed by atoms with E-state index in [1.54, 1.807) is 0 Å². The molecule has 0 saturated carbocycles. The summed E-state index contributed by atoms with van der Waals surface area (Å²) in [5.41, 5.74) is 0.522. The Morgan fingerprint density at radius 2 is 1.87 bits per heavy atom. The summed E-state index contributed by atoms with van der Waals surface area (Å²) in [6, 6.07) is 5.45. The summed E-state index contributed by atoms with van der Waals surface area (Å²) in [6.07, 6.45) is 4.78. The normalized spacial score (nSPS) is 23.3. The zero-order chi connectivity index (χ0) is 16.9. The number of halogens is 1. The van der Waals surface area contributed by atoms with Crippen LogP contribution in [-0.4, -0.2) is 32.9 Å². The Labute approximate surface area is 138 Å². The largest absolute Gasteiger partial charge is 0.375 e. The van der Waals surface area contributed by atoms with E-state index in [0.29, 0.717) is 12.3 Å². The van der Waals surface area contributed by atoms with Gasteiger partial charge in [0.15, 0.2) is 0 Å². The van der Waals surface area contributed by atoms with Crippen LogP contribution in [0, 0.1) is 5.82 Å². The monoisotopic (exact) mass is 343 g/mol. The molecule has 4 nitrogen and oxygen atoms in total. The Morgan fingerprint density at radius 3 is 2.48 bits per heavy atom. The van der Waals surface area contributed by atoms with Crippen molar-refractivity contribution in [3.05, 3.63) is 30.1 Å². The molecule has 23 heavy (non-hydrogen) atoms. The zero-order valence-electron chi connectivity index (χ0n) is 13.9. The molecule has 2 rings (SSSR count). The fraction of sp³-hybridized carbons (Fsp3) is 0.647. The van der Waals surface area contributed by atoms with Crippen LogP contribution in [0.25, 0.3) is 0 Å². The van der Waals surface area contributed by atoms with Crippen LogP contribution in [0.3, 0.4) is 0 Å². The van der Waals surface area contributed by atoms with E-state index < -0.39 is 10.0 Å². The highest BCUT2D eigenvalue weighted by Crippen LogP contribution is 2.33. The highest BCUT2D eigenvalue weighted by molar-refractivity contribution is 7.93. The lowest BCUT2D eigenvalue weighted by atomic mass is 10.0. The topological polar surface area (TPSA) is 46.6 Å². The Morgan fingerprint density at radius 1 is 1.17 bits per heavy atom. The van der Waals surface area contributed by atoms with Gasteiger partial charge in [-0.15, -0.1) is 0 Å². The van der Waals surface area contributed by atoms with Crippen LogP contribution in [0.15, 0.2) is 24.3 Å². The Bertz CT molecular complexity index is 588. The van der Waals surface area contributed by atoms with Gasteiger partial charge in [0.2, 0.25) is 10.0 Å². The second-order valence-corrected chi connectivity index (χ2v) is 7.85. The maximum atomic E-state index is 13.2. The van der Waals surface area contributed by atoms with E-state index >= 15 is 0 Å². The van der Waals surface area contributed by atoms with Crippen LogP contribution in [0.1, 0.15) is 46.0 Å². The number of sulfonamides is 1. The van der Waals surface area contributed by atoms with E-state index in [1.165, 1.54) is 28.6 Å². The molecule has 0 aliphatic carbocycles. The minimum absolute atomic E-state index is 0.00331. The lowest BCUT2D eigenvalue weighted by Gasteiger charge is -2.28. The summed E-state index contributed by atoms with van der Waals surface area (Å²) in [7, 11) is -3.43. The maximum absolute atomic E-state index is 13.2. The number of hydrogen-bond acceptors (Lipinski definition) is 3. The number of rotatable bonds is 8. The molecule has 0 N–H and O–H groups in total. The summed E-state index contributed by atoms with van der Waals surface area (Å²) in [5, 5.41) is 0. The highest BCUT2D eigenvalue weighted by Gasteiger charge is 2.45. The van der Waals surface area contributed by atoms with Gasteiger partial charge in [-0.3, -0.25) is 4.31 Å². The average molecular weight is 343 g/mol. The van der Waals surface area contributed by atoms with Crippen LogP contribution >= 0.6 is 0 Å². The van der Waals surface area contributed by atoms with Crippen molar-refractivity contribution in [1.29, 1.82) is 0 Å². The van der Waals surface area contributed by atoms with Crippen LogP contribution in [0.4, 0.5) is 10.1 Å². The van der Waals surface area contributed by atoms with E-state index in [4.69, 9.17) is 4.74 Å². The molecule has 1 heterocycles. The summed E-state index contributed by atoms with van der Waals surface area (Å²) in [5.74, 6) is -0.373. The van der Waals surface area contributed by atoms with Crippen molar-refractivity contribution in [2.24, 2.45) is 0 Å². The van der Waals surface area contributed by atoms with E-state index in [1.807, 2.05) is 6.92 Å². The van der Waals surface area contributed by atoms with Crippen molar-refractivity contribution in [2.75, 3.05) is 16.7 Å². The highest BCUT2D eigenvalue weighted by atomic mass is 32.2. The molecule has 6 heteroatoms. The van der Waals surface area contributed by atoms with Crippen molar-refractivity contribution < 1.29 is 17.5 Å². The van der Waals surface area contributed by atoms with E-state index in [2.05, 4.69) is 6.92 Å². The molecule has 2 atom stereocenters. The number of anilines is 1. The van der Waals surface area contributed by atoms with Gasteiger partial charge < -0.3 is 4.74 Å². The SMILES string of the molecule is CCCCCCC1C(OCC)CS(=O)(=O)N1c1ccc(F)cc1. The Hall–Kier alpha value is -1.14. The predicted molar refractivity (Wildman–Crippen MR) is 90.6 cm³/mol. The van der Waals surface area contributed by atoms with Gasteiger partial charge in [-0.2, -0.15) is 0 Å². The smallest absolute Gasteiger partial charge is 0.238 e. The molecule has 1 aromatic carbocycles. The lowest BCUT2D eigenvalue weighted by Crippen LogP contribution is -2.38. The molecule has 1 saturated heterocycles. The fourth-order valence-corrected chi connectivity index (χ4v) is 5.14. The molecule has 0 amide bonds. The third kappa shape index (κ3) is 4.44. The molecular weight excluding hydrogens is 317 g/mol. The van der Waals surface area contributed by atoms with Crippen LogP contribution in [0.2, 0.25) is 0 Å². The Kier molecular flexibility index (Phi) is 6.41. The third-order valence-electron chi connectivity index (χ3n) is 4.22. The van der Waals surface area contributed by atoms with Gasteiger partial charge in [0.25, 0.3) is 0 Å². The van der Waals surface area contributed by atoms with Crippen molar-refractivity contribution in [2.45, 2.75) is 58.1 Å². The average Bonchev–Trinajstić information content (AvgIpc) is 2.75. The molecule has 1 aromatic rings. The third-order valence-corrected chi connectivity index (χ3v) is 6.05. The molecule has 130 valence electrons. The van der Waals surface area contributed by atoms with Gasteiger partial charge in [0, 0.05) is 6.61 Å². The maximum Gasteiger partial charge on any atom is 0.238 e. The first-order chi connectivity index (χ1) is 11.0. The van der Waals surface area contributed by atoms with Crippen LogP contribution in [-0.2, 0) is 14.8 Å². The number of ether oxygens (including phenoxy) is 1. The second kappa shape index (κ2) is 8.11. The molecule has 0 radical (unpaired) electrons. The van der Waals surface area contributed by atoms with Gasteiger partial charge in [-0.25, -0.2) is 12.8 Å². The molecule has 1 aliphatic heterocycles. The number of nitrogens with zero attached hydrogens (tertiary/aromatic N) is 1. The summed E-state index contributed by atoms with van der Waals surface area (Å²) >= 11 is 0. The summed E-state index contributed by atoms with van der Waals surface area (Å²) in [6.45, 7) is 4.51. The van der Waals surface area contributed by atoms with Gasteiger partial charge in [-0.1, -0.05) is 32.6 Å². The number of benzene rings is 1. The fourth-order valence-electron chi connectivity index (χ4n) is 3.15. The van der Waals surface area contributed by atoms with Gasteiger partial charge in [0.1, 0.15) is 5.82 Å². The van der Waals surface area contributed by atoms with Gasteiger partial charge in [-0.05, 0) is 37.6 Å². The van der Waals surface area contributed by atoms with E-state index in [9.17, 15) is 12.8 Å².